The minimum absolute atomic E-state index is 0.00526. The Morgan fingerprint density at radius 3 is 2.52 bits per heavy atom. The van der Waals surface area contributed by atoms with Crippen LogP contribution >= 0.6 is 0 Å². The normalized spacial score (nSPS) is 18.3. The first-order valence-electron chi connectivity index (χ1n) is 7.29. The predicted octanol–water partition coefficient (Wildman–Crippen LogP) is 4.95. The average molecular weight is 286 g/mol. The molecular formula is C18H22O3. The Morgan fingerprint density at radius 1 is 1.14 bits per heavy atom. The van der Waals surface area contributed by atoms with Gasteiger partial charge in [0.05, 0.1) is 6.61 Å². The highest BCUT2D eigenvalue weighted by Gasteiger charge is 2.42. The molecule has 0 bridgehead atoms. The Labute approximate surface area is 125 Å². The van der Waals surface area contributed by atoms with E-state index in [9.17, 15) is 5.11 Å². The van der Waals surface area contributed by atoms with E-state index in [0.29, 0.717) is 6.61 Å². The third-order valence-electron chi connectivity index (χ3n) is 3.95. The van der Waals surface area contributed by atoms with Crippen molar-refractivity contribution >= 4 is 16.7 Å². The summed E-state index contributed by atoms with van der Waals surface area (Å²) >= 11 is 0. The summed E-state index contributed by atoms with van der Waals surface area (Å²) in [6.45, 7) is 11.7. The van der Waals surface area contributed by atoms with E-state index in [0.717, 1.165) is 22.5 Å². The van der Waals surface area contributed by atoms with Crippen LogP contribution in [0.4, 0.5) is 0 Å². The highest BCUT2D eigenvalue weighted by molar-refractivity contribution is 5.83. The van der Waals surface area contributed by atoms with E-state index in [4.69, 9.17) is 9.15 Å². The van der Waals surface area contributed by atoms with Gasteiger partial charge < -0.3 is 14.3 Å². The smallest absolute Gasteiger partial charge is 0.170 e. The predicted molar refractivity (Wildman–Crippen MR) is 84.0 cm³/mol. The number of rotatable bonds is 1. The fourth-order valence-electron chi connectivity index (χ4n) is 3.40. The Hall–Kier alpha value is -1.90. The van der Waals surface area contributed by atoms with Crippen LogP contribution in [0.3, 0.4) is 0 Å². The summed E-state index contributed by atoms with van der Waals surface area (Å²) in [4.78, 5) is 0. The molecule has 1 aliphatic heterocycles. The number of hydrogen-bond acceptors (Lipinski definition) is 3. The standard InChI is InChI=1S/C18H22O3/c1-17(2,3)16-15(20-10-18(16,4)5)14-9-11-8-12(19)6-7-13(11)21-14/h6-9,19H,10H2,1-5H3. The van der Waals surface area contributed by atoms with Gasteiger partial charge in [-0.2, -0.15) is 0 Å². The summed E-state index contributed by atoms with van der Waals surface area (Å²) in [6, 6.07) is 7.07. The van der Waals surface area contributed by atoms with Crippen molar-refractivity contribution in [1.29, 1.82) is 0 Å². The minimum atomic E-state index is -0.00526. The van der Waals surface area contributed by atoms with Gasteiger partial charge in [-0.1, -0.05) is 34.6 Å². The van der Waals surface area contributed by atoms with Gasteiger partial charge in [-0.05, 0) is 35.3 Å². The SMILES string of the molecule is CC(C)(C)C1=C(c2cc3cc(O)ccc3o2)OCC1(C)C. The van der Waals surface area contributed by atoms with Crippen LogP contribution in [0.2, 0.25) is 0 Å². The third kappa shape index (κ3) is 2.31. The number of hydrogen-bond donors (Lipinski definition) is 1. The first-order valence-corrected chi connectivity index (χ1v) is 7.29. The second-order valence-corrected chi connectivity index (χ2v) is 7.46. The zero-order valence-corrected chi connectivity index (χ0v) is 13.3. The summed E-state index contributed by atoms with van der Waals surface area (Å²) in [7, 11) is 0. The van der Waals surface area contributed by atoms with Crippen LogP contribution in [0.5, 0.6) is 5.75 Å². The summed E-state index contributed by atoms with van der Waals surface area (Å²) in [6.07, 6.45) is 0. The van der Waals surface area contributed by atoms with Gasteiger partial charge in [-0.25, -0.2) is 0 Å². The number of phenolic OH excluding ortho intramolecular Hbond substituents is 1. The highest BCUT2D eigenvalue weighted by Crippen LogP contribution is 2.50. The molecule has 112 valence electrons. The average Bonchev–Trinajstić information content (AvgIpc) is 2.87. The quantitative estimate of drug-likeness (QED) is 0.806. The molecule has 0 atom stereocenters. The highest BCUT2D eigenvalue weighted by atomic mass is 16.5. The van der Waals surface area contributed by atoms with Crippen molar-refractivity contribution in [1.82, 2.24) is 0 Å². The molecule has 1 aromatic heterocycles. The lowest BCUT2D eigenvalue weighted by Gasteiger charge is -2.30. The summed E-state index contributed by atoms with van der Waals surface area (Å²) in [5.74, 6) is 1.84. The van der Waals surface area contributed by atoms with Crippen molar-refractivity contribution in [2.75, 3.05) is 6.61 Å². The van der Waals surface area contributed by atoms with Gasteiger partial charge in [0.1, 0.15) is 11.3 Å². The monoisotopic (exact) mass is 286 g/mol. The lowest BCUT2D eigenvalue weighted by Crippen LogP contribution is -2.24. The Bertz CT molecular complexity index is 726. The molecule has 1 N–H and O–H groups in total. The van der Waals surface area contributed by atoms with Crippen LogP contribution in [0.15, 0.2) is 34.3 Å². The van der Waals surface area contributed by atoms with Crippen molar-refractivity contribution in [2.24, 2.45) is 10.8 Å². The maximum atomic E-state index is 9.58. The lowest BCUT2D eigenvalue weighted by molar-refractivity contribution is 0.210. The number of phenols is 1. The van der Waals surface area contributed by atoms with Crippen molar-refractivity contribution in [3.63, 3.8) is 0 Å². The van der Waals surface area contributed by atoms with Crippen molar-refractivity contribution in [2.45, 2.75) is 34.6 Å². The van der Waals surface area contributed by atoms with Crippen LogP contribution in [-0.4, -0.2) is 11.7 Å². The van der Waals surface area contributed by atoms with Crippen LogP contribution in [0.25, 0.3) is 16.7 Å². The first kappa shape index (κ1) is 14.1. The molecule has 0 unspecified atom stereocenters. The molecule has 3 heteroatoms. The largest absolute Gasteiger partial charge is 0.508 e. The third-order valence-corrected chi connectivity index (χ3v) is 3.95. The maximum absolute atomic E-state index is 9.58. The van der Waals surface area contributed by atoms with E-state index < -0.39 is 0 Å². The molecule has 21 heavy (non-hydrogen) atoms. The molecule has 2 aromatic rings. The van der Waals surface area contributed by atoms with Gasteiger partial charge in [-0.3, -0.25) is 0 Å². The molecule has 1 aliphatic rings. The topological polar surface area (TPSA) is 42.6 Å². The van der Waals surface area contributed by atoms with Crippen molar-refractivity contribution in [3.05, 3.63) is 35.6 Å². The van der Waals surface area contributed by atoms with E-state index in [-0.39, 0.29) is 16.6 Å². The summed E-state index contributed by atoms with van der Waals surface area (Å²) < 4.78 is 11.9. The van der Waals surface area contributed by atoms with Gasteiger partial charge >= 0.3 is 0 Å². The zero-order valence-electron chi connectivity index (χ0n) is 13.3. The molecule has 2 heterocycles. The van der Waals surface area contributed by atoms with Gasteiger partial charge in [0.15, 0.2) is 11.5 Å². The molecule has 0 radical (unpaired) electrons. The molecule has 0 amide bonds. The molecule has 3 nitrogen and oxygen atoms in total. The molecule has 1 aromatic carbocycles. The van der Waals surface area contributed by atoms with Crippen LogP contribution in [0.1, 0.15) is 40.4 Å². The number of benzene rings is 1. The van der Waals surface area contributed by atoms with Gasteiger partial charge in [-0.15, -0.1) is 0 Å². The van der Waals surface area contributed by atoms with Crippen LogP contribution in [-0.2, 0) is 4.74 Å². The Morgan fingerprint density at radius 2 is 1.86 bits per heavy atom. The minimum Gasteiger partial charge on any atom is -0.508 e. The van der Waals surface area contributed by atoms with Gasteiger partial charge in [0.2, 0.25) is 0 Å². The van der Waals surface area contributed by atoms with Gasteiger partial charge in [0.25, 0.3) is 0 Å². The van der Waals surface area contributed by atoms with Crippen molar-refractivity contribution in [3.8, 4) is 5.75 Å². The number of fused-ring (bicyclic) bond motifs is 1. The molecule has 0 aliphatic carbocycles. The lowest BCUT2D eigenvalue weighted by atomic mass is 9.71. The summed E-state index contributed by atoms with van der Waals surface area (Å²) in [5, 5.41) is 10.5. The fourth-order valence-corrected chi connectivity index (χ4v) is 3.40. The van der Waals surface area contributed by atoms with E-state index >= 15 is 0 Å². The molecule has 0 saturated heterocycles. The van der Waals surface area contributed by atoms with Crippen LogP contribution in [0, 0.1) is 10.8 Å². The van der Waals surface area contributed by atoms with E-state index in [1.165, 1.54) is 5.57 Å². The molecule has 0 saturated carbocycles. The van der Waals surface area contributed by atoms with E-state index in [1.807, 2.05) is 6.07 Å². The Kier molecular flexibility index (Phi) is 2.88. The van der Waals surface area contributed by atoms with Crippen molar-refractivity contribution < 1.29 is 14.3 Å². The number of ether oxygens (including phenoxy) is 1. The van der Waals surface area contributed by atoms with E-state index in [1.54, 1.807) is 18.2 Å². The van der Waals surface area contributed by atoms with Crippen LogP contribution < -0.4 is 0 Å². The fraction of sp³-hybridized carbons (Fsp3) is 0.444. The molecule has 3 rings (SSSR count). The number of aromatic hydroxyl groups is 1. The van der Waals surface area contributed by atoms with E-state index in [2.05, 4.69) is 34.6 Å². The second-order valence-electron chi connectivity index (χ2n) is 7.46. The molecule has 0 spiro atoms. The molecule has 0 fully saturated rings. The van der Waals surface area contributed by atoms with Gasteiger partial charge in [0, 0.05) is 10.8 Å². The zero-order chi connectivity index (χ0) is 15.4. The summed E-state index contributed by atoms with van der Waals surface area (Å²) in [5.41, 5.74) is 2.04. The maximum Gasteiger partial charge on any atom is 0.170 e. The second kappa shape index (κ2) is 4.30. The number of furan rings is 1. The molecular weight excluding hydrogens is 264 g/mol. The Balaban J connectivity index is 2.20. The first-order chi connectivity index (χ1) is 9.68.